The molecule has 122 valence electrons. The number of sulfonamides is 1. The molecule has 0 unspecified atom stereocenters. The normalized spacial score (nSPS) is 16.8. The molecular formula is C15H24N4O2S. The van der Waals surface area contributed by atoms with Gasteiger partial charge in [-0.1, -0.05) is 17.7 Å². The number of benzene rings is 1. The van der Waals surface area contributed by atoms with E-state index in [1.165, 1.54) is 6.42 Å². The maximum absolute atomic E-state index is 12.1. The van der Waals surface area contributed by atoms with Crippen LogP contribution in [0.5, 0.6) is 0 Å². The molecule has 1 fully saturated rings. The third-order valence-electron chi connectivity index (χ3n) is 3.69. The highest BCUT2D eigenvalue weighted by atomic mass is 32.2. The summed E-state index contributed by atoms with van der Waals surface area (Å²) in [5, 5.41) is 0. The minimum absolute atomic E-state index is 0.241. The Morgan fingerprint density at radius 1 is 1.23 bits per heavy atom. The number of aliphatic imine (C=N–C) groups is 1. The van der Waals surface area contributed by atoms with E-state index in [9.17, 15) is 8.42 Å². The standard InChI is InChI=1S/C15H24N4O2S/c1-13-5-7-14(8-6-13)22(20,21)18-10-9-17-15(16)19-11-3-2-4-12-19/h5-8,18H,2-4,9-12H2,1H3,(H2,16,17). The SMILES string of the molecule is Cc1ccc(S(=O)(=O)NCCN=C(N)N2CCCCC2)cc1. The van der Waals surface area contributed by atoms with Crippen LogP contribution in [0, 0.1) is 6.92 Å². The Labute approximate surface area is 132 Å². The van der Waals surface area contributed by atoms with Gasteiger partial charge in [0.05, 0.1) is 11.4 Å². The maximum atomic E-state index is 12.1. The lowest BCUT2D eigenvalue weighted by molar-refractivity contribution is 0.338. The number of rotatable bonds is 5. The fraction of sp³-hybridized carbons (Fsp3) is 0.533. The van der Waals surface area contributed by atoms with Crippen molar-refractivity contribution in [3.05, 3.63) is 29.8 Å². The first-order valence-electron chi connectivity index (χ1n) is 7.60. The van der Waals surface area contributed by atoms with Gasteiger partial charge in [-0.05, 0) is 38.3 Å². The lowest BCUT2D eigenvalue weighted by atomic mass is 10.1. The molecule has 0 aliphatic carbocycles. The highest BCUT2D eigenvalue weighted by molar-refractivity contribution is 7.89. The summed E-state index contributed by atoms with van der Waals surface area (Å²) < 4.78 is 26.7. The Bertz CT molecular complexity index is 605. The summed E-state index contributed by atoms with van der Waals surface area (Å²) in [5.41, 5.74) is 6.95. The predicted molar refractivity (Wildman–Crippen MR) is 88.3 cm³/mol. The molecule has 1 aliphatic rings. The topological polar surface area (TPSA) is 87.8 Å². The number of aryl methyl sites for hydroxylation is 1. The minimum Gasteiger partial charge on any atom is -0.370 e. The average molecular weight is 324 g/mol. The Hall–Kier alpha value is -1.60. The van der Waals surface area contributed by atoms with E-state index in [-0.39, 0.29) is 11.4 Å². The number of nitrogens with two attached hydrogens (primary N) is 1. The molecule has 1 aliphatic heterocycles. The molecule has 1 aromatic rings. The van der Waals surface area contributed by atoms with E-state index >= 15 is 0 Å². The van der Waals surface area contributed by atoms with Crippen molar-refractivity contribution in [1.29, 1.82) is 0 Å². The van der Waals surface area contributed by atoms with E-state index in [1.54, 1.807) is 24.3 Å². The van der Waals surface area contributed by atoms with Crippen LogP contribution >= 0.6 is 0 Å². The number of likely N-dealkylation sites (tertiary alicyclic amines) is 1. The number of hydrogen-bond acceptors (Lipinski definition) is 3. The van der Waals surface area contributed by atoms with Gasteiger partial charge in [0.25, 0.3) is 0 Å². The largest absolute Gasteiger partial charge is 0.370 e. The van der Waals surface area contributed by atoms with Crippen LogP contribution in [0.2, 0.25) is 0 Å². The average Bonchev–Trinajstić information content (AvgIpc) is 2.52. The molecule has 0 radical (unpaired) electrons. The molecule has 0 atom stereocenters. The number of piperidine rings is 1. The summed E-state index contributed by atoms with van der Waals surface area (Å²) in [4.78, 5) is 6.58. The van der Waals surface area contributed by atoms with E-state index in [1.807, 2.05) is 6.92 Å². The van der Waals surface area contributed by atoms with Gasteiger partial charge in [-0.2, -0.15) is 0 Å². The fourth-order valence-corrected chi connectivity index (χ4v) is 3.40. The number of nitrogens with zero attached hydrogens (tertiary/aromatic N) is 2. The van der Waals surface area contributed by atoms with Crippen LogP contribution in [0.1, 0.15) is 24.8 Å². The van der Waals surface area contributed by atoms with Crippen LogP contribution in [0.4, 0.5) is 0 Å². The molecule has 6 nitrogen and oxygen atoms in total. The molecule has 0 aromatic heterocycles. The second kappa shape index (κ2) is 7.60. The van der Waals surface area contributed by atoms with Crippen LogP contribution < -0.4 is 10.5 Å². The van der Waals surface area contributed by atoms with Gasteiger partial charge in [0.1, 0.15) is 0 Å². The zero-order valence-electron chi connectivity index (χ0n) is 13.0. The van der Waals surface area contributed by atoms with Crippen molar-refractivity contribution in [3.63, 3.8) is 0 Å². The van der Waals surface area contributed by atoms with Crippen molar-refractivity contribution in [1.82, 2.24) is 9.62 Å². The zero-order chi connectivity index (χ0) is 16.0. The van der Waals surface area contributed by atoms with Crippen molar-refractivity contribution in [2.75, 3.05) is 26.2 Å². The first-order chi connectivity index (χ1) is 10.5. The van der Waals surface area contributed by atoms with Crippen molar-refractivity contribution in [3.8, 4) is 0 Å². The fourth-order valence-electron chi connectivity index (χ4n) is 2.37. The zero-order valence-corrected chi connectivity index (χ0v) is 13.8. The van der Waals surface area contributed by atoms with E-state index in [2.05, 4.69) is 14.6 Å². The molecule has 0 saturated carbocycles. The van der Waals surface area contributed by atoms with Crippen LogP contribution in [-0.4, -0.2) is 45.5 Å². The van der Waals surface area contributed by atoms with Gasteiger partial charge < -0.3 is 10.6 Å². The first-order valence-corrected chi connectivity index (χ1v) is 9.08. The minimum atomic E-state index is -3.47. The molecule has 0 amide bonds. The Balaban J connectivity index is 1.83. The van der Waals surface area contributed by atoms with Gasteiger partial charge in [0.15, 0.2) is 5.96 Å². The molecule has 1 aromatic carbocycles. The van der Waals surface area contributed by atoms with Crippen molar-refractivity contribution >= 4 is 16.0 Å². The molecule has 0 bridgehead atoms. The van der Waals surface area contributed by atoms with Crippen LogP contribution in [0.25, 0.3) is 0 Å². The summed E-state index contributed by atoms with van der Waals surface area (Å²) in [6.45, 7) is 4.37. The molecule has 1 heterocycles. The summed E-state index contributed by atoms with van der Waals surface area (Å²) in [6.07, 6.45) is 3.51. The lowest BCUT2D eigenvalue weighted by Crippen LogP contribution is -2.41. The Morgan fingerprint density at radius 2 is 1.86 bits per heavy atom. The van der Waals surface area contributed by atoms with E-state index in [0.717, 1.165) is 31.5 Å². The summed E-state index contributed by atoms with van der Waals surface area (Å²) >= 11 is 0. The van der Waals surface area contributed by atoms with Gasteiger partial charge in [-0.25, -0.2) is 13.1 Å². The highest BCUT2D eigenvalue weighted by Gasteiger charge is 2.13. The van der Waals surface area contributed by atoms with Gasteiger partial charge in [0, 0.05) is 19.6 Å². The number of hydrogen-bond donors (Lipinski definition) is 2. The molecule has 0 spiro atoms. The quantitative estimate of drug-likeness (QED) is 0.482. The third-order valence-corrected chi connectivity index (χ3v) is 5.17. The summed E-state index contributed by atoms with van der Waals surface area (Å²) in [5.74, 6) is 0.509. The molecule has 22 heavy (non-hydrogen) atoms. The van der Waals surface area contributed by atoms with Crippen LogP contribution in [0.3, 0.4) is 0 Å². The predicted octanol–water partition coefficient (Wildman–Crippen LogP) is 1.07. The van der Waals surface area contributed by atoms with Gasteiger partial charge in [-0.15, -0.1) is 0 Å². The van der Waals surface area contributed by atoms with E-state index in [0.29, 0.717) is 12.5 Å². The number of guanidine groups is 1. The second-order valence-corrected chi connectivity index (χ2v) is 7.27. The van der Waals surface area contributed by atoms with Crippen molar-refractivity contribution in [2.45, 2.75) is 31.1 Å². The van der Waals surface area contributed by atoms with Crippen LogP contribution in [0.15, 0.2) is 34.2 Å². The van der Waals surface area contributed by atoms with E-state index < -0.39 is 10.0 Å². The summed E-state index contributed by atoms with van der Waals surface area (Å²) in [6, 6.07) is 6.76. The van der Waals surface area contributed by atoms with Gasteiger partial charge in [-0.3, -0.25) is 4.99 Å². The molecule has 2 rings (SSSR count). The lowest BCUT2D eigenvalue weighted by Gasteiger charge is -2.27. The first kappa shape index (κ1) is 16.8. The van der Waals surface area contributed by atoms with Gasteiger partial charge >= 0.3 is 0 Å². The van der Waals surface area contributed by atoms with Gasteiger partial charge in [0.2, 0.25) is 10.0 Å². The monoisotopic (exact) mass is 324 g/mol. The molecule has 1 saturated heterocycles. The van der Waals surface area contributed by atoms with Crippen molar-refractivity contribution < 1.29 is 8.42 Å². The van der Waals surface area contributed by atoms with E-state index in [4.69, 9.17) is 5.73 Å². The maximum Gasteiger partial charge on any atom is 0.240 e. The molecular weight excluding hydrogens is 300 g/mol. The number of nitrogens with one attached hydrogen (secondary N) is 1. The second-order valence-electron chi connectivity index (χ2n) is 5.50. The Morgan fingerprint density at radius 3 is 2.50 bits per heavy atom. The summed E-state index contributed by atoms with van der Waals surface area (Å²) in [7, 11) is -3.47. The van der Waals surface area contributed by atoms with Crippen molar-refractivity contribution in [2.24, 2.45) is 10.7 Å². The highest BCUT2D eigenvalue weighted by Crippen LogP contribution is 2.10. The Kier molecular flexibility index (Phi) is 5.79. The van der Waals surface area contributed by atoms with Crippen LogP contribution in [-0.2, 0) is 10.0 Å². The third kappa shape index (κ3) is 4.71. The molecule has 3 N–H and O–H groups in total. The smallest absolute Gasteiger partial charge is 0.240 e. The molecule has 7 heteroatoms.